The summed E-state index contributed by atoms with van der Waals surface area (Å²) >= 11 is 5.88. The van der Waals surface area contributed by atoms with E-state index in [1.54, 1.807) is 18.2 Å². The number of rotatable bonds is 5. The zero-order valence-electron chi connectivity index (χ0n) is 9.53. The molecule has 1 rings (SSSR count). The summed E-state index contributed by atoms with van der Waals surface area (Å²) in [6, 6.07) is 4.84. The third-order valence-corrected chi connectivity index (χ3v) is 2.68. The fraction of sp³-hybridized carbons (Fsp3) is 0.417. The molecule has 0 aliphatic heterocycles. The van der Waals surface area contributed by atoms with E-state index in [0.29, 0.717) is 16.3 Å². The number of carboxylic acid groups (broad SMARTS) is 1. The first-order chi connectivity index (χ1) is 7.56. The van der Waals surface area contributed by atoms with Gasteiger partial charge in [0.05, 0.1) is 11.3 Å². The van der Waals surface area contributed by atoms with Crippen LogP contribution in [0.15, 0.2) is 18.2 Å². The molecule has 0 saturated heterocycles. The van der Waals surface area contributed by atoms with Crippen LogP contribution in [0.25, 0.3) is 0 Å². The van der Waals surface area contributed by atoms with Gasteiger partial charge in [0.1, 0.15) is 0 Å². The van der Waals surface area contributed by atoms with Crippen LogP contribution in [0.1, 0.15) is 30.1 Å². The highest BCUT2D eigenvalue weighted by Crippen LogP contribution is 2.24. The maximum atomic E-state index is 11.0. The lowest BCUT2D eigenvalue weighted by Crippen LogP contribution is -2.21. The molecule has 0 aromatic heterocycles. The van der Waals surface area contributed by atoms with Crippen molar-refractivity contribution in [2.45, 2.75) is 19.8 Å². The second-order valence-electron chi connectivity index (χ2n) is 3.74. The smallest absolute Gasteiger partial charge is 0.337 e. The molecule has 1 aromatic carbocycles. The van der Waals surface area contributed by atoms with E-state index in [1.165, 1.54) is 0 Å². The minimum atomic E-state index is -0.921. The van der Waals surface area contributed by atoms with E-state index in [4.69, 9.17) is 16.7 Å². The van der Waals surface area contributed by atoms with E-state index in [-0.39, 0.29) is 0 Å². The summed E-state index contributed by atoms with van der Waals surface area (Å²) in [6.07, 6.45) is 2.11. The lowest BCUT2D eigenvalue weighted by atomic mass is 10.1. The van der Waals surface area contributed by atoms with Crippen molar-refractivity contribution in [2.24, 2.45) is 0 Å². The molecule has 0 unspecified atom stereocenters. The molecule has 0 fully saturated rings. The zero-order chi connectivity index (χ0) is 12.1. The monoisotopic (exact) mass is 241 g/mol. The molecule has 4 heteroatoms. The molecule has 0 aliphatic rings. The predicted octanol–water partition coefficient (Wildman–Crippen LogP) is 3.27. The Morgan fingerprint density at radius 2 is 2.19 bits per heavy atom. The van der Waals surface area contributed by atoms with Crippen LogP contribution in [0.4, 0.5) is 5.69 Å². The van der Waals surface area contributed by atoms with Crippen LogP contribution in [0.3, 0.4) is 0 Å². The van der Waals surface area contributed by atoms with Crippen LogP contribution >= 0.6 is 11.6 Å². The minimum Gasteiger partial charge on any atom is -0.478 e. The minimum absolute atomic E-state index is 0.294. The zero-order valence-corrected chi connectivity index (χ0v) is 10.3. The van der Waals surface area contributed by atoms with Crippen LogP contribution in [0, 0.1) is 0 Å². The molecule has 16 heavy (non-hydrogen) atoms. The number of aromatic carboxylic acids is 1. The Hall–Kier alpha value is -1.22. The molecule has 3 nitrogen and oxygen atoms in total. The van der Waals surface area contributed by atoms with Gasteiger partial charge in [-0.15, -0.1) is 0 Å². The molecular formula is C12H16ClNO2. The van der Waals surface area contributed by atoms with E-state index in [2.05, 4.69) is 6.92 Å². The summed E-state index contributed by atoms with van der Waals surface area (Å²) in [7, 11) is 1.88. The number of carboxylic acids is 1. The van der Waals surface area contributed by atoms with E-state index >= 15 is 0 Å². The van der Waals surface area contributed by atoms with Crippen LogP contribution in [0.5, 0.6) is 0 Å². The number of hydrogen-bond acceptors (Lipinski definition) is 2. The third-order valence-electron chi connectivity index (χ3n) is 2.45. The van der Waals surface area contributed by atoms with Gasteiger partial charge in [0, 0.05) is 18.6 Å². The van der Waals surface area contributed by atoms with E-state index in [1.807, 2.05) is 11.9 Å². The summed E-state index contributed by atoms with van der Waals surface area (Å²) in [5, 5.41) is 9.62. The van der Waals surface area contributed by atoms with Crippen molar-refractivity contribution in [1.82, 2.24) is 0 Å². The lowest BCUT2D eigenvalue weighted by molar-refractivity contribution is 0.0697. The van der Waals surface area contributed by atoms with Gasteiger partial charge in [-0.05, 0) is 24.6 Å². The number of halogens is 1. The summed E-state index contributed by atoms with van der Waals surface area (Å²) < 4.78 is 0. The second kappa shape index (κ2) is 5.75. The third kappa shape index (κ3) is 3.14. The molecule has 88 valence electrons. The Bertz CT molecular complexity index is 379. The topological polar surface area (TPSA) is 40.5 Å². The average molecular weight is 242 g/mol. The Balaban J connectivity index is 2.99. The number of benzene rings is 1. The van der Waals surface area contributed by atoms with Crippen molar-refractivity contribution >= 4 is 23.3 Å². The van der Waals surface area contributed by atoms with Crippen LogP contribution in [0.2, 0.25) is 5.02 Å². The highest BCUT2D eigenvalue weighted by Gasteiger charge is 2.13. The summed E-state index contributed by atoms with van der Waals surface area (Å²) in [5.41, 5.74) is 0.969. The fourth-order valence-electron chi connectivity index (χ4n) is 1.52. The largest absolute Gasteiger partial charge is 0.478 e. The number of carbonyl (C=O) groups is 1. The van der Waals surface area contributed by atoms with Gasteiger partial charge >= 0.3 is 5.97 Å². The Labute approximate surface area is 101 Å². The molecule has 0 spiro atoms. The first-order valence-corrected chi connectivity index (χ1v) is 5.68. The van der Waals surface area contributed by atoms with Crippen LogP contribution in [-0.4, -0.2) is 24.7 Å². The Morgan fingerprint density at radius 1 is 1.50 bits per heavy atom. The maximum Gasteiger partial charge on any atom is 0.337 e. The van der Waals surface area contributed by atoms with E-state index in [0.717, 1.165) is 19.4 Å². The molecular weight excluding hydrogens is 226 g/mol. The molecule has 0 amide bonds. The van der Waals surface area contributed by atoms with Crippen molar-refractivity contribution in [2.75, 3.05) is 18.5 Å². The second-order valence-corrected chi connectivity index (χ2v) is 4.18. The number of hydrogen-bond donors (Lipinski definition) is 1. The van der Waals surface area contributed by atoms with Crippen LogP contribution < -0.4 is 4.90 Å². The van der Waals surface area contributed by atoms with Crippen molar-refractivity contribution in [3.05, 3.63) is 28.8 Å². The van der Waals surface area contributed by atoms with Crippen LogP contribution in [-0.2, 0) is 0 Å². The van der Waals surface area contributed by atoms with Crippen molar-refractivity contribution in [3.8, 4) is 0 Å². The van der Waals surface area contributed by atoms with Gasteiger partial charge < -0.3 is 10.0 Å². The van der Waals surface area contributed by atoms with Crippen molar-refractivity contribution in [1.29, 1.82) is 0 Å². The quantitative estimate of drug-likeness (QED) is 0.860. The summed E-state index contributed by atoms with van der Waals surface area (Å²) in [6.45, 7) is 2.93. The average Bonchev–Trinajstić information content (AvgIpc) is 2.25. The molecule has 0 radical (unpaired) electrons. The molecule has 0 saturated carbocycles. The van der Waals surface area contributed by atoms with E-state index < -0.39 is 5.97 Å². The lowest BCUT2D eigenvalue weighted by Gasteiger charge is -2.21. The summed E-state index contributed by atoms with van der Waals surface area (Å²) in [5.74, 6) is -0.921. The van der Waals surface area contributed by atoms with Gasteiger partial charge in [-0.3, -0.25) is 0 Å². The normalized spacial score (nSPS) is 10.2. The Kier molecular flexibility index (Phi) is 4.62. The van der Waals surface area contributed by atoms with Gasteiger partial charge in [-0.2, -0.15) is 0 Å². The maximum absolute atomic E-state index is 11.0. The van der Waals surface area contributed by atoms with Crippen molar-refractivity contribution < 1.29 is 9.90 Å². The van der Waals surface area contributed by atoms with Gasteiger partial charge in [0.25, 0.3) is 0 Å². The van der Waals surface area contributed by atoms with Gasteiger partial charge in [0.15, 0.2) is 0 Å². The molecule has 0 heterocycles. The van der Waals surface area contributed by atoms with E-state index in [9.17, 15) is 4.79 Å². The molecule has 0 atom stereocenters. The fourth-order valence-corrected chi connectivity index (χ4v) is 1.68. The van der Waals surface area contributed by atoms with Gasteiger partial charge in [0.2, 0.25) is 0 Å². The Morgan fingerprint density at radius 3 is 2.75 bits per heavy atom. The van der Waals surface area contributed by atoms with Crippen molar-refractivity contribution in [3.63, 3.8) is 0 Å². The molecule has 1 N–H and O–H groups in total. The highest BCUT2D eigenvalue weighted by molar-refractivity contribution is 6.31. The number of nitrogens with zero attached hydrogens (tertiary/aromatic N) is 1. The number of unbranched alkanes of at least 4 members (excludes halogenated alkanes) is 1. The standard InChI is InChI=1S/C12H16ClNO2/c1-3-4-7-14(2)11-8-9(13)5-6-10(11)12(15)16/h5-6,8H,3-4,7H2,1-2H3,(H,15,16). The highest BCUT2D eigenvalue weighted by atomic mass is 35.5. The van der Waals surface area contributed by atoms with Gasteiger partial charge in [-0.25, -0.2) is 4.79 Å². The number of anilines is 1. The SMILES string of the molecule is CCCCN(C)c1cc(Cl)ccc1C(=O)O. The first-order valence-electron chi connectivity index (χ1n) is 5.30. The molecule has 0 bridgehead atoms. The molecule has 0 aliphatic carbocycles. The predicted molar refractivity (Wildman–Crippen MR) is 66.6 cm³/mol. The molecule has 1 aromatic rings. The first kappa shape index (κ1) is 12.8. The summed E-state index contributed by atoms with van der Waals surface area (Å²) in [4.78, 5) is 13.0. The van der Waals surface area contributed by atoms with Gasteiger partial charge in [-0.1, -0.05) is 24.9 Å².